The number of ether oxygens (including phenoxy) is 1. The van der Waals surface area contributed by atoms with E-state index in [2.05, 4.69) is 21.8 Å². The fourth-order valence-corrected chi connectivity index (χ4v) is 4.36. The van der Waals surface area contributed by atoms with Gasteiger partial charge in [0.2, 0.25) is 11.2 Å². The molecule has 190 valence electrons. The highest BCUT2D eigenvalue weighted by molar-refractivity contribution is 6.28. The number of piperazine rings is 1. The molecule has 1 aromatic carbocycles. The number of aromatic nitrogens is 4. The van der Waals surface area contributed by atoms with Gasteiger partial charge in [-0.2, -0.15) is 9.97 Å². The molecule has 0 unspecified atom stereocenters. The summed E-state index contributed by atoms with van der Waals surface area (Å²) in [7, 11) is 0. The first-order chi connectivity index (χ1) is 17.2. The minimum absolute atomic E-state index is 0.107. The first kappa shape index (κ1) is 25.6. The molecule has 0 atom stereocenters. The van der Waals surface area contributed by atoms with E-state index >= 15 is 0 Å². The number of benzene rings is 1. The van der Waals surface area contributed by atoms with Crippen LogP contribution in [0.15, 0.2) is 35.1 Å². The normalized spacial score (nSPS) is 14.0. The van der Waals surface area contributed by atoms with Crippen molar-refractivity contribution in [2.75, 3.05) is 31.1 Å². The van der Waals surface area contributed by atoms with Crippen molar-refractivity contribution in [3.8, 4) is 11.8 Å². The number of fused-ring (bicyclic) bond motifs is 1. The molecule has 2 aromatic heterocycles. The molecule has 1 aliphatic rings. The van der Waals surface area contributed by atoms with Crippen LogP contribution < -0.4 is 10.5 Å². The molecule has 9 nitrogen and oxygen atoms in total. The summed E-state index contributed by atoms with van der Waals surface area (Å²) in [6.45, 7) is 10.0. The van der Waals surface area contributed by atoms with E-state index in [9.17, 15) is 9.59 Å². The topological polar surface area (TPSA) is 85.5 Å². The van der Waals surface area contributed by atoms with Crippen molar-refractivity contribution in [3.05, 3.63) is 51.5 Å². The number of aryl methyl sites for hydroxylation is 1. The number of hydrogen-bond acceptors (Lipinski definition) is 6. The number of nitrogens with zero attached hydrogens (tertiary/aromatic N) is 6. The molecule has 0 aliphatic carbocycles. The molecule has 4 rings (SSSR count). The van der Waals surface area contributed by atoms with Crippen molar-refractivity contribution >= 4 is 34.8 Å². The highest BCUT2D eigenvalue weighted by Crippen LogP contribution is 2.23. The largest absolute Gasteiger partial charge is 0.444 e. The van der Waals surface area contributed by atoms with E-state index in [0.717, 1.165) is 5.56 Å². The maximum atomic E-state index is 13.6. The smallest absolute Gasteiger partial charge is 0.410 e. The van der Waals surface area contributed by atoms with Crippen molar-refractivity contribution in [2.24, 2.45) is 0 Å². The summed E-state index contributed by atoms with van der Waals surface area (Å²) in [5, 5.41) is 0.107. The van der Waals surface area contributed by atoms with E-state index in [1.54, 1.807) is 16.4 Å². The fourth-order valence-electron chi connectivity index (χ4n) is 4.12. The van der Waals surface area contributed by atoms with Crippen molar-refractivity contribution in [1.29, 1.82) is 0 Å². The average Bonchev–Trinajstić information content (AvgIpc) is 3.20. The average molecular weight is 511 g/mol. The third-order valence-electron chi connectivity index (χ3n) is 5.89. The first-order valence-corrected chi connectivity index (χ1v) is 12.4. The summed E-state index contributed by atoms with van der Waals surface area (Å²) in [6.07, 6.45) is 0.318. The predicted molar refractivity (Wildman–Crippen MR) is 140 cm³/mol. The van der Waals surface area contributed by atoms with Gasteiger partial charge in [0.25, 0.3) is 5.56 Å². The zero-order valence-electron chi connectivity index (χ0n) is 21.1. The van der Waals surface area contributed by atoms with Gasteiger partial charge in [0.05, 0.1) is 6.54 Å². The summed E-state index contributed by atoms with van der Waals surface area (Å²) in [5.74, 6) is 6.54. The van der Waals surface area contributed by atoms with E-state index in [1.807, 2.05) is 56.0 Å². The molecule has 3 aromatic rings. The van der Waals surface area contributed by atoms with E-state index in [-0.39, 0.29) is 16.9 Å². The third kappa shape index (κ3) is 5.65. The van der Waals surface area contributed by atoms with Gasteiger partial charge in [-0.1, -0.05) is 36.3 Å². The van der Waals surface area contributed by atoms with Crippen LogP contribution in [0.3, 0.4) is 0 Å². The Bertz CT molecular complexity index is 1360. The molecule has 1 saturated heterocycles. The number of halogens is 1. The van der Waals surface area contributed by atoms with E-state index in [1.165, 1.54) is 4.57 Å². The Balaban J connectivity index is 1.63. The lowest BCUT2D eigenvalue weighted by atomic mass is 10.1. The Labute approximate surface area is 215 Å². The number of imidazole rings is 1. The lowest BCUT2D eigenvalue weighted by Crippen LogP contribution is -2.50. The summed E-state index contributed by atoms with van der Waals surface area (Å²) in [6, 6.07) is 9.92. The van der Waals surface area contributed by atoms with Gasteiger partial charge in [-0.05, 0) is 51.3 Å². The zero-order valence-corrected chi connectivity index (χ0v) is 21.9. The standard InChI is InChI=1S/C26H31ClN6O3/c1-5-6-13-32-20-21(28-23(27)33(22(20)34)14-12-19-10-8-7-9-11-19)29-24(32)30-15-17-31(18-16-30)25(35)36-26(2,3)4/h7-11H,12-18H2,1-4H3. The van der Waals surface area contributed by atoms with Gasteiger partial charge in [0, 0.05) is 32.7 Å². The van der Waals surface area contributed by atoms with Gasteiger partial charge < -0.3 is 14.5 Å². The van der Waals surface area contributed by atoms with Crippen LogP contribution in [0.25, 0.3) is 11.2 Å². The number of carbonyl (C=O) groups excluding carboxylic acids is 1. The van der Waals surface area contributed by atoms with E-state index in [0.29, 0.717) is 62.8 Å². The van der Waals surface area contributed by atoms with Gasteiger partial charge in [-0.25, -0.2) is 4.79 Å². The van der Waals surface area contributed by atoms with E-state index in [4.69, 9.17) is 16.3 Å². The highest BCUT2D eigenvalue weighted by Gasteiger charge is 2.29. The second-order valence-electron chi connectivity index (χ2n) is 9.62. The summed E-state index contributed by atoms with van der Waals surface area (Å²) < 4.78 is 8.79. The molecular formula is C26H31ClN6O3. The van der Waals surface area contributed by atoms with Crippen LogP contribution in [0.4, 0.5) is 10.7 Å². The summed E-state index contributed by atoms with van der Waals surface area (Å²) in [4.78, 5) is 38.9. The molecule has 1 fully saturated rings. The number of anilines is 1. The van der Waals surface area contributed by atoms with Crippen LogP contribution in [0.1, 0.15) is 33.3 Å². The van der Waals surface area contributed by atoms with Crippen LogP contribution in [0.2, 0.25) is 5.28 Å². The van der Waals surface area contributed by atoms with Gasteiger partial charge >= 0.3 is 6.09 Å². The second kappa shape index (κ2) is 10.6. The Hall–Kier alpha value is -3.51. The molecule has 1 aliphatic heterocycles. The van der Waals surface area contributed by atoms with Gasteiger partial charge in [-0.3, -0.25) is 13.9 Å². The Morgan fingerprint density at radius 3 is 2.42 bits per heavy atom. The molecule has 0 radical (unpaired) electrons. The second-order valence-corrected chi connectivity index (χ2v) is 9.96. The highest BCUT2D eigenvalue weighted by atomic mass is 35.5. The number of rotatable bonds is 5. The molecule has 36 heavy (non-hydrogen) atoms. The van der Waals surface area contributed by atoms with Crippen LogP contribution in [-0.4, -0.2) is 61.9 Å². The number of carbonyl (C=O) groups is 1. The fraction of sp³-hybridized carbons (Fsp3) is 0.462. The molecule has 1 amide bonds. The van der Waals surface area contributed by atoms with Crippen LogP contribution in [0, 0.1) is 11.8 Å². The minimum atomic E-state index is -0.549. The zero-order chi connectivity index (χ0) is 25.9. The predicted octanol–water partition coefficient (Wildman–Crippen LogP) is 3.57. The van der Waals surface area contributed by atoms with E-state index < -0.39 is 5.60 Å². The lowest BCUT2D eigenvalue weighted by Gasteiger charge is -2.36. The first-order valence-electron chi connectivity index (χ1n) is 12.0. The quantitative estimate of drug-likeness (QED) is 0.385. The lowest BCUT2D eigenvalue weighted by molar-refractivity contribution is 0.0240. The number of amides is 1. The molecule has 10 heteroatoms. The summed E-state index contributed by atoms with van der Waals surface area (Å²) in [5.41, 5.74) is 0.981. The maximum absolute atomic E-state index is 13.6. The monoisotopic (exact) mass is 510 g/mol. The Morgan fingerprint density at radius 1 is 1.08 bits per heavy atom. The van der Waals surface area contributed by atoms with Crippen LogP contribution in [-0.2, 0) is 24.2 Å². The maximum Gasteiger partial charge on any atom is 0.410 e. The van der Waals surface area contributed by atoms with Crippen LogP contribution in [0.5, 0.6) is 0 Å². The SMILES string of the molecule is CC#CCn1c(N2CCN(C(=O)OC(C)(C)C)CC2)nc2nc(Cl)n(CCc3ccccc3)c(=O)c21. The van der Waals surface area contributed by atoms with Gasteiger partial charge in [0.1, 0.15) is 5.60 Å². The minimum Gasteiger partial charge on any atom is -0.444 e. The van der Waals surface area contributed by atoms with Gasteiger partial charge in [0.15, 0.2) is 11.2 Å². The molecule has 3 heterocycles. The summed E-state index contributed by atoms with van der Waals surface area (Å²) >= 11 is 6.44. The molecule has 0 spiro atoms. The van der Waals surface area contributed by atoms with Crippen molar-refractivity contribution < 1.29 is 9.53 Å². The molecule has 0 saturated carbocycles. The van der Waals surface area contributed by atoms with Gasteiger partial charge in [-0.15, -0.1) is 5.92 Å². The number of hydrogen-bond donors (Lipinski definition) is 0. The molecular weight excluding hydrogens is 480 g/mol. The molecule has 0 bridgehead atoms. The Kier molecular flexibility index (Phi) is 7.55. The Morgan fingerprint density at radius 2 is 1.78 bits per heavy atom. The van der Waals surface area contributed by atoms with Crippen LogP contribution >= 0.6 is 11.6 Å². The van der Waals surface area contributed by atoms with Crippen molar-refractivity contribution in [2.45, 2.75) is 52.8 Å². The molecule has 0 N–H and O–H groups in total. The van der Waals surface area contributed by atoms with Crippen molar-refractivity contribution in [3.63, 3.8) is 0 Å². The third-order valence-corrected chi connectivity index (χ3v) is 6.18. The van der Waals surface area contributed by atoms with Crippen molar-refractivity contribution in [1.82, 2.24) is 24.0 Å².